The number of halogens is 1. The van der Waals surface area contributed by atoms with Crippen molar-refractivity contribution in [2.75, 3.05) is 26.2 Å². The molecule has 1 aliphatic rings. The summed E-state index contributed by atoms with van der Waals surface area (Å²) in [5.41, 5.74) is 1.46. The van der Waals surface area contributed by atoms with Crippen LogP contribution in [0, 0.1) is 5.92 Å². The van der Waals surface area contributed by atoms with Crippen LogP contribution in [-0.2, 0) is 0 Å². The van der Waals surface area contributed by atoms with Crippen molar-refractivity contribution in [2.45, 2.75) is 36.1 Å². The van der Waals surface area contributed by atoms with Gasteiger partial charge in [0.2, 0.25) is 0 Å². The van der Waals surface area contributed by atoms with Gasteiger partial charge in [-0.05, 0) is 48.2 Å². The van der Waals surface area contributed by atoms with Crippen molar-refractivity contribution < 1.29 is 0 Å². The fourth-order valence-electron chi connectivity index (χ4n) is 3.39. The van der Waals surface area contributed by atoms with Gasteiger partial charge in [-0.3, -0.25) is 4.90 Å². The second-order valence-electron chi connectivity index (χ2n) is 7.03. The second kappa shape index (κ2) is 9.09. The lowest BCUT2D eigenvalue weighted by Crippen LogP contribution is -2.45. The van der Waals surface area contributed by atoms with Crippen molar-refractivity contribution in [1.82, 2.24) is 10.2 Å². The van der Waals surface area contributed by atoms with Crippen LogP contribution < -0.4 is 5.32 Å². The molecule has 0 spiro atoms. The summed E-state index contributed by atoms with van der Waals surface area (Å²) in [5, 5.41) is 4.26. The smallest absolute Gasteiger partial charge is 0.0406 e. The number of benzene rings is 2. The van der Waals surface area contributed by atoms with Crippen LogP contribution in [0.5, 0.6) is 0 Å². The molecule has 1 heterocycles. The van der Waals surface area contributed by atoms with Crippen molar-refractivity contribution in [1.29, 1.82) is 0 Å². The number of nitrogens with zero attached hydrogens (tertiary/aromatic N) is 1. The molecular formula is C21H27ClN2S. The molecular weight excluding hydrogens is 348 g/mol. The highest BCUT2D eigenvalue weighted by Gasteiger charge is 2.25. The maximum Gasteiger partial charge on any atom is 0.0406 e. The normalized spacial score (nSPS) is 17.0. The van der Waals surface area contributed by atoms with Gasteiger partial charge in [0, 0.05) is 47.0 Å². The fraction of sp³-hybridized carbons (Fsp3) is 0.429. The van der Waals surface area contributed by atoms with E-state index < -0.39 is 0 Å². The lowest BCUT2D eigenvalue weighted by molar-refractivity contribution is 0.152. The van der Waals surface area contributed by atoms with Gasteiger partial charge in [0.25, 0.3) is 0 Å². The molecule has 4 heteroatoms. The monoisotopic (exact) mass is 374 g/mol. The van der Waals surface area contributed by atoms with Crippen LogP contribution in [0.2, 0.25) is 5.02 Å². The largest absolute Gasteiger partial charge is 0.314 e. The third kappa shape index (κ3) is 5.24. The van der Waals surface area contributed by atoms with Crippen LogP contribution in [0.15, 0.2) is 58.3 Å². The maximum atomic E-state index is 6.03. The number of hydrogen-bond donors (Lipinski definition) is 1. The summed E-state index contributed by atoms with van der Waals surface area (Å²) in [4.78, 5) is 5.24. The topological polar surface area (TPSA) is 15.3 Å². The molecule has 1 atom stereocenters. The van der Waals surface area contributed by atoms with E-state index in [0.717, 1.165) is 31.2 Å². The molecule has 25 heavy (non-hydrogen) atoms. The molecule has 1 saturated heterocycles. The van der Waals surface area contributed by atoms with E-state index in [9.17, 15) is 0 Å². The van der Waals surface area contributed by atoms with Gasteiger partial charge in [-0.1, -0.05) is 55.4 Å². The predicted octanol–water partition coefficient (Wildman–Crippen LogP) is 5.48. The summed E-state index contributed by atoms with van der Waals surface area (Å²) >= 11 is 7.87. The van der Waals surface area contributed by atoms with E-state index in [0.29, 0.717) is 12.0 Å². The van der Waals surface area contributed by atoms with Crippen molar-refractivity contribution in [3.05, 3.63) is 59.1 Å². The van der Waals surface area contributed by atoms with Crippen LogP contribution in [-0.4, -0.2) is 31.1 Å². The molecule has 3 rings (SSSR count). The van der Waals surface area contributed by atoms with E-state index >= 15 is 0 Å². The van der Waals surface area contributed by atoms with Gasteiger partial charge in [0.1, 0.15) is 0 Å². The highest BCUT2D eigenvalue weighted by Crippen LogP contribution is 2.38. The average Bonchev–Trinajstić information content (AvgIpc) is 2.63. The molecule has 0 amide bonds. The van der Waals surface area contributed by atoms with E-state index in [-0.39, 0.29) is 0 Å². The molecule has 2 nitrogen and oxygen atoms in total. The molecule has 2 aromatic carbocycles. The SMILES string of the molecule is CC(C)C[C@H](c1ccccc1Sc1ccc(Cl)cc1)N1CCNCC1. The zero-order valence-corrected chi connectivity index (χ0v) is 16.6. The lowest BCUT2D eigenvalue weighted by Gasteiger charge is -2.37. The average molecular weight is 375 g/mol. The van der Waals surface area contributed by atoms with Crippen LogP contribution >= 0.6 is 23.4 Å². The third-order valence-electron chi connectivity index (χ3n) is 4.61. The minimum Gasteiger partial charge on any atom is -0.314 e. The number of rotatable bonds is 6. The molecule has 2 aromatic rings. The summed E-state index contributed by atoms with van der Waals surface area (Å²) in [7, 11) is 0. The molecule has 134 valence electrons. The Morgan fingerprint density at radius 2 is 1.72 bits per heavy atom. The Bertz CT molecular complexity index is 666. The van der Waals surface area contributed by atoms with Gasteiger partial charge in [0.05, 0.1) is 0 Å². The van der Waals surface area contributed by atoms with Crippen molar-refractivity contribution >= 4 is 23.4 Å². The Labute approximate surface area is 161 Å². The molecule has 0 radical (unpaired) electrons. The van der Waals surface area contributed by atoms with Gasteiger partial charge in [-0.15, -0.1) is 0 Å². The van der Waals surface area contributed by atoms with E-state index in [1.54, 1.807) is 0 Å². The Morgan fingerprint density at radius 1 is 1.04 bits per heavy atom. The highest BCUT2D eigenvalue weighted by molar-refractivity contribution is 7.99. The van der Waals surface area contributed by atoms with Gasteiger partial charge in [-0.2, -0.15) is 0 Å². The zero-order chi connectivity index (χ0) is 17.6. The quantitative estimate of drug-likeness (QED) is 0.720. The van der Waals surface area contributed by atoms with E-state index in [4.69, 9.17) is 11.6 Å². The molecule has 1 fully saturated rings. The molecule has 0 saturated carbocycles. The van der Waals surface area contributed by atoms with E-state index in [1.165, 1.54) is 21.8 Å². The molecule has 0 aromatic heterocycles. The van der Waals surface area contributed by atoms with Crippen molar-refractivity contribution in [3.8, 4) is 0 Å². The van der Waals surface area contributed by atoms with Gasteiger partial charge in [0.15, 0.2) is 0 Å². The molecule has 1 N–H and O–H groups in total. The van der Waals surface area contributed by atoms with Crippen molar-refractivity contribution in [2.24, 2.45) is 5.92 Å². The minimum absolute atomic E-state index is 0.484. The number of hydrogen-bond acceptors (Lipinski definition) is 3. The minimum atomic E-state index is 0.484. The summed E-state index contributed by atoms with van der Waals surface area (Å²) in [6, 6.07) is 17.5. The first-order chi connectivity index (χ1) is 12.1. The summed E-state index contributed by atoms with van der Waals surface area (Å²) in [6.07, 6.45) is 1.19. The molecule has 0 bridgehead atoms. The Balaban J connectivity index is 1.88. The zero-order valence-electron chi connectivity index (χ0n) is 15.0. The van der Waals surface area contributed by atoms with Gasteiger partial charge >= 0.3 is 0 Å². The van der Waals surface area contributed by atoms with Gasteiger partial charge < -0.3 is 5.32 Å². The highest BCUT2D eigenvalue weighted by atomic mass is 35.5. The first kappa shape index (κ1) is 18.8. The third-order valence-corrected chi connectivity index (χ3v) is 5.96. The molecule has 1 aliphatic heterocycles. The molecule has 0 aliphatic carbocycles. The van der Waals surface area contributed by atoms with Gasteiger partial charge in [-0.25, -0.2) is 0 Å². The Hall–Kier alpha value is -1.00. The summed E-state index contributed by atoms with van der Waals surface area (Å²) in [6.45, 7) is 9.06. The maximum absolute atomic E-state index is 6.03. The Kier molecular flexibility index (Phi) is 6.83. The van der Waals surface area contributed by atoms with E-state index in [1.807, 2.05) is 23.9 Å². The van der Waals surface area contributed by atoms with E-state index in [2.05, 4.69) is 60.5 Å². The fourth-order valence-corrected chi connectivity index (χ4v) is 4.51. The second-order valence-corrected chi connectivity index (χ2v) is 8.58. The first-order valence-electron chi connectivity index (χ1n) is 9.10. The standard InChI is InChI=1S/C21H27ClN2S/c1-16(2)15-20(24-13-11-23-12-14-24)19-5-3-4-6-21(19)25-18-9-7-17(22)8-10-18/h3-10,16,20,23H,11-15H2,1-2H3/t20-/m1/s1. The van der Waals surface area contributed by atoms with Crippen molar-refractivity contribution in [3.63, 3.8) is 0 Å². The first-order valence-corrected chi connectivity index (χ1v) is 10.3. The predicted molar refractivity (Wildman–Crippen MR) is 109 cm³/mol. The van der Waals surface area contributed by atoms with Crippen LogP contribution in [0.3, 0.4) is 0 Å². The van der Waals surface area contributed by atoms with Crippen LogP contribution in [0.4, 0.5) is 0 Å². The van der Waals surface area contributed by atoms with Crippen LogP contribution in [0.25, 0.3) is 0 Å². The number of nitrogens with one attached hydrogen (secondary N) is 1. The lowest BCUT2D eigenvalue weighted by atomic mass is 9.95. The summed E-state index contributed by atoms with van der Waals surface area (Å²) in [5.74, 6) is 0.675. The summed E-state index contributed by atoms with van der Waals surface area (Å²) < 4.78 is 0. The number of piperazine rings is 1. The molecule has 0 unspecified atom stereocenters. The Morgan fingerprint density at radius 3 is 2.40 bits per heavy atom. The van der Waals surface area contributed by atoms with Crippen LogP contribution in [0.1, 0.15) is 31.9 Å².